The van der Waals surface area contributed by atoms with E-state index in [1.54, 1.807) is 16.0 Å². The van der Waals surface area contributed by atoms with Crippen molar-refractivity contribution in [1.29, 1.82) is 0 Å². The van der Waals surface area contributed by atoms with E-state index >= 15 is 0 Å². The van der Waals surface area contributed by atoms with Gasteiger partial charge in [-0.2, -0.15) is 0 Å². The van der Waals surface area contributed by atoms with Gasteiger partial charge in [-0.05, 0) is 28.5 Å². The third-order valence-electron chi connectivity index (χ3n) is 3.61. The highest BCUT2D eigenvalue weighted by molar-refractivity contribution is 7.13. The molecule has 5 heteroatoms. The van der Waals surface area contributed by atoms with Gasteiger partial charge in [0.25, 0.3) is 0 Å². The minimum absolute atomic E-state index is 0.390. The first-order chi connectivity index (χ1) is 10.7. The summed E-state index contributed by atoms with van der Waals surface area (Å²) in [6.07, 6.45) is 0.764. The van der Waals surface area contributed by atoms with E-state index in [2.05, 4.69) is 48.4 Å². The average Bonchev–Trinajstić information content (AvgIpc) is 3.16. The monoisotopic (exact) mass is 311 g/mol. The molecule has 3 aromatic rings. The minimum Gasteiger partial charge on any atom is -0.296 e. The number of aromatic nitrogens is 3. The van der Waals surface area contributed by atoms with Crippen LogP contribution in [0.2, 0.25) is 0 Å². The van der Waals surface area contributed by atoms with Crippen LogP contribution in [0.1, 0.15) is 41.4 Å². The zero-order valence-electron chi connectivity index (χ0n) is 12.6. The predicted molar refractivity (Wildman–Crippen MR) is 88.4 cm³/mol. The smallest absolute Gasteiger partial charge is 0.172 e. The minimum atomic E-state index is 0.390. The Kier molecular flexibility index (Phi) is 4.15. The van der Waals surface area contributed by atoms with E-state index in [0.717, 1.165) is 22.4 Å². The van der Waals surface area contributed by atoms with Crippen LogP contribution in [0.4, 0.5) is 0 Å². The first-order valence-electron chi connectivity index (χ1n) is 7.20. The quantitative estimate of drug-likeness (QED) is 0.669. The van der Waals surface area contributed by atoms with Crippen LogP contribution in [0.25, 0.3) is 10.6 Å². The number of nitrogens with zero attached hydrogens (tertiary/aromatic N) is 3. The molecule has 2 heterocycles. The van der Waals surface area contributed by atoms with Gasteiger partial charge in [-0.15, -0.1) is 16.4 Å². The van der Waals surface area contributed by atoms with Crippen molar-refractivity contribution < 1.29 is 4.79 Å². The molecular formula is C17H17N3OS. The Labute approximate surface area is 133 Å². The number of carbonyl (C=O) groups is 1. The van der Waals surface area contributed by atoms with Gasteiger partial charge in [0, 0.05) is 0 Å². The van der Waals surface area contributed by atoms with Crippen LogP contribution < -0.4 is 0 Å². The van der Waals surface area contributed by atoms with Gasteiger partial charge in [-0.1, -0.05) is 49.4 Å². The van der Waals surface area contributed by atoms with E-state index in [9.17, 15) is 4.79 Å². The van der Waals surface area contributed by atoms with Crippen LogP contribution in [-0.2, 0) is 6.54 Å². The summed E-state index contributed by atoms with van der Waals surface area (Å²) >= 11 is 1.58. The van der Waals surface area contributed by atoms with Crippen LogP contribution in [0.15, 0.2) is 41.8 Å². The lowest BCUT2D eigenvalue weighted by molar-refractivity contribution is 0.111. The molecule has 1 aromatic carbocycles. The van der Waals surface area contributed by atoms with Gasteiger partial charge in [0.15, 0.2) is 12.0 Å². The fourth-order valence-electron chi connectivity index (χ4n) is 2.36. The maximum absolute atomic E-state index is 11.2. The Morgan fingerprint density at radius 3 is 2.59 bits per heavy atom. The van der Waals surface area contributed by atoms with E-state index in [0.29, 0.717) is 18.2 Å². The third kappa shape index (κ3) is 2.85. The predicted octanol–water partition coefficient (Wildman–Crippen LogP) is 3.99. The molecule has 0 saturated carbocycles. The molecule has 0 radical (unpaired) electrons. The molecule has 0 N–H and O–H groups in total. The van der Waals surface area contributed by atoms with Crippen molar-refractivity contribution in [2.45, 2.75) is 26.3 Å². The van der Waals surface area contributed by atoms with Gasteiger partial charge in [0.05, 0.1) is 11.4 Å². The Balaban J connectivity index is 1.92. The second-order valence-corrected chi connectivity index (χ2v) is 6.42. The third-order valence-corrected chi connectivity index (χ3v) is 4.48. The van der Waals surface area contributed by atoms with Crippen molar-refractivity contribution in [3.63, 3.8) is 0 Å². The molecule has 2 aromatic heterocycles. The van der Waals surface area contributed by atoms with Crippen LogP contribution in [0, 0.1) is 0 Å². The fraction of sp³-hybridized carbons (Fsp3) is 0.235. The molecule has 0 fully saturated rings. The highest BCUT2D eigenvalue weighted by Gasteiger charge is 2.15. The highest BCUT2D eigenvalue weighted by Crippen LogP contribution is 2.27. The lowest BCUT2D eigenvalue weighted by atomic mass is 10.0. The molecule has 0 unspecified atom stereocenters. The summed E-state index contributed by atoms with van der Waals surface area (Å²) in [6.45, 7) is 4.96. The number of carbonyl (C=O) groups excluding carboxylic acids is 1. The van der Waals surface area contributed by atoms with Crippen LogP contribution in [-0.4, -0.2) is 21.3 Å². The molecule has 0 bridgehead atoms. The second-order valence-electron chi connectivity index (χ2n) is 5.47. The molecule has 0 amide bonds. The van der Waals surface area contributed by atoms with Gasteiger partial charge < -0.3 is 0 Å². The number of thiophene rings is 1. The van der Waals surface area contributed by atoms with Crippen molar-refractivity contribution >= 4 is 17.6 Å². The number of hydrogen-bond donors (Lipinski definition) is 0. The standard InChI is InChI=1S/C17H17N3OS/c1-12(2)14-7-5-13(6-8-14)10-20-17(15(11-21)18-19-20)16-4-3-9-22-16/h3-9,11-12H,10H2,1-2H3. The van der Waals surface area contributed by atoms with Crippen LogP contribution >= 0.6 is 11.3 Å². The molecule has 0 spiro atoms. The average molecular weight is 311 g/mol. The Morgan fingerprint density at radius 2 is 2.00 bits per heavy atom. The van der Waals surface area contributed by atoms with Gasteiger partial charge in [0.1, 0.15) is 5.69 Å². The normalized spacial score (nSPS) is 11.0. The Hall–Kier alpha value is -2.27. The van der Waals surface area contributed by atoms with Crippen molar-refractivity contribution in [1.82, 2.24) is 15.0 Å². The van der Waals surface area contributed by atoms with E-state index in [1.807, 2.05) is 17.5 Å². The molecule has 0 aliphatic rings. The fourth-order valence-corrected chi connectivity index (χ4v) is 3.15. The number of hydrogen-bond acceptors (Lipinski definition) is 4. The van der Waals surface area contributed by atoms with Crippen molar-refractivity contribution in [2.24, 2.45) is 0 Å². The first-order valence-corrected chi connectivity index (χ1v) is 8.08. The number of rotatable bonds is 5. The number of aldehydes is 1. The summed E-state index contributed by atoms with van der Waals surface area (Å²) in [6, 6.07) is 12.4. The van der Waals surface area contributed by atoms with Gasteiger partial charge >= 0.3 is 0 Å². The van der Waals surface area contributed by atoms with Gasteiger partial charge in [-0.3, -0.25) is 4.79 Å². The summed E-state index contributed by atoms with van der Waals surface area (Å²) < 4.78 is 1.79. The largest absolute Gasteiger partial charge is 0.296 e. The van der Waals surface area contributed by atoms with Crippen molar-refractivity contribution in [3.05, 3.63) is 58.6 Å². The second kappa shape index (κ2) is 6.23. The summed E-state index contributed by atoms with van der Waals surface area (Å²) in [5.74, 6) is 0.517. The topological polar surface area (TPSA) is 47.8 Å². The molecule has 112 valence electrons. The van der Waals surface area contributed by atoms with Gasteiger partial charge in [0.2, 0.25) is 0 Å². The highest BCUT2D eigenvalue weighted by atomic mass is 32.1. The molecule has 0 saturated heterocycles. The lowest BCUT2D eigenvalue weighted by Gasteiger charge is -2.08. The van der Waals surface area contributed by atoms with Crippen molar-refractivity contribution in [3.8, 4) is 10.6 Å². The first kappa shape index (κ1) is 14.7. The Bertz CT molecular complexity index is 758. The lowest BCUT2D eigenvalue weighted by Crippen LogP contribution is -2.04. The summed E-state index contributed by atoms with van der Waals surface area (Å²) in [7, 11) is 0. The summed E-state index contributed by atoms with van der Waals surface area (Å²) in [5, 5.41) is 10.1. The zero-order chi connectivity index (χ0) is 15.5. The van der Waals surface area contributed by atoms with E-state index < -0.39 is 0 Å². The molecular weight excluding hydrogens is 294 g/mol. The molecule has 0 aliphatic carbocycles. The molecule has 22 heavy (non-hydrogen) atoms. The summed E-state index contributed by atoms with van der Waals surface area (Å²) in [5.41, 5.74) is 3.64. The van der Waals surface area contributed by atoms with Crippen molar-refractivity contribution in [2.75, 3.05) is 0 Å². The maximum atomic E-state index is 11.2. The van der Waals surface area contributed by atoms with E-state index in [4.69, 9.17) is 0 Å². The molecule has 4 nitrogen and oxygen atoms in total. The maximum Gasteiger partial charge on any atom is 0.172 e. The SMILES string of the molecule is CC(C)c1ccc(Cn2nnc(C=O)c2-c2cccs2)cc1. The number of benzene rings is 1. The molecule has 0 atom stereocenters. The van der Waals surface area contributed by atoms with E-state index in [1.165, 1.54) is 5.56 Å². The molecule has 3 rings (SSSR count). The van der Waals surface area contributed by atoms with Crippen LogP contribution in [0.3, 0.4) is 0 Å². The zero-order valence-corrected chi connectivity index (χ0v) is 13.4. The van der Waals surface area contributed by atoms with Gasteiger partial charge in [-0.25, -0.2) is 4.68 Å². The van der Waals surface area contributed by atoms with E-state index in [-0.39, 0.29) is 0 Å². The Morgan fingerprint density at radius 1 is 1.23 bits per heavy atom. The molecule has 0 aliphatic heterocycles. The van der Waals surface area contributed by atoms with Crippen LogP contribution in [0.5, 0.6) is 0 Å². The summed E-state index contributed by atoms with van der Waals surface area (Å²) in [4.78, 5) is 12.2.